The molecule has 3 atom stereocenters. The summed E-state index contributed by atoms with van der Waals surface area (Å²) in [5.41, 5.74) is 0. The van der Waals surface area contributed by atoms with Gasteiger partial charge in [0.05, 0.1) is 31.3 Å². The van der Waals surface area contributed by atoms with E-state index >= 15 is 0 Å². The molecule has 0 aliphatic heterocycles. The average molecular weight is 730 g/mol. The number of hydrogen-bond donors (Lipinski definition) is 4. The lowest BCUT2D eigenvalue weighted by Gasteiger charge is -2.20. The predicted octanol–water partition coefficient (Wildman–Crippen LogP) is 12.9. The molecule has 0 rings (SSSR count). The van der Waals surface area contributed by atoms with Crippen molar-refractivity contribution in [2.75, 3.05) is 6.61 Å². The lowest BCUT2D eigenvalue weighted by Crippen LogP contribution is -2.45. The molecule has 0 aliphatic rings. The van der Waals surface area contributed by atoms with Crippen LogP contribution in [-0.4, -0.2) is 46.1 Å². The van der Waals surface area contributed by atoms with Crippen molar-refractivity contribution in [2.24, 2.45) is 0 Å². The molecule has 0 saturated heterocycles. The zero-order chi connectivity index (χ0) is 38.0. The highest BCUT2D eigenvalue weighted by molar-refractivity contribution is 5.76. The van der Waals surface area contributed by atoms with Gasteiger partial charge < -0.3 is 20.6 Å². The van der Waals surface area contributed by atoms with E-state index in [1.165, 1.54) is 141 Å². The summed E-state index contributed by atoms with van der Waals surface area (Å²) in [5.74, 6) is -0.335. The van der Waals surface area contributed by atoms with Gasteiger partial charge >= 0.3 is 0 Å². The lowest BCUT2D eigenvalue weighted by molar-refractivity contribution is -0.124. The summed E-state index contributed by atoms with van der Waals surface area (Å²) in [6, 6.07) is -0.770. The van der Waals surface area contributed by atoms with Gasteiger partial charge in [0, 0.05) is 0 Å². The van der Waals surface area contributed by atoms with E-state index in [-0.39, 0.29) is 18.9 Å². The van der Waals surface area contributed by atoms with Crippen LogP contribution in [0.3, 0.4) is 0 Å². The van der Waals surface area contributed by atoms with Gasteiger partial charge in [0.2, 0.25) is 5.91 Å². The first kappa shape index (κ1) is 50.3. The van der Waals surface area contributed by atoms with Crippen LogP contribution in [0.25, 0.3) is 0 Å². The van der Waals surface area contributed by atoms with Crippen molar-refractivity contribution in [3.05, 3.63) is 48.6 Å². The molecule has 0 saturated carbocycles. The third-order valence-corrected chi connectivity index (χ3v) is 10.1. The van der Waals surface area contributed by atoms with Crippen molar-refractivity contribution in [3.63, 3.8) is 0 Å². The first-order chi connectivity index (χ1) is 25.5. The van der Waals surface area contributed by atoms with Crippen LogP contribution in [0, 0.1) is 0 Å². The second-order valence-corrected chi connectivity index (χ2v) is 15.3. The normalized spacial score (nSPS) is 14.0. The second-order valence-electron chi connectivity index (χ2n) is 15.3. The number of unbranched alkanes of at least 4 members (excludes halogenated alkanes) is 25. The second kappa shape index (κ2) is 42.1. The number of amides is 1. The standard InChI is InChI=1S/C47H87NO4/c1-3-5-7-9-11-13-15-17-19-21-22-23-25-27-29-31-33-35-37-39-41-46(51)45(43-49)48-47(52)42-44(50)40-38-36-34-32-30-28-26-24-20-18-16-14-12-10-8-6-4-2/h23-26,31,33,39,41,44-46,49-51H,3-22,27-30,32,34-38,40,42-43H2,1-2H3,(H,48,52)/b25-23+,26-24-,33-31+,41-39+. The quantitative estimate of drug-likeness (QED) is 0.0373. The first-order valence-corrected chi connectivity index (χ1v) is 22.4. The van der Waals surface area contributed by atoms with Crippen molar-refractivity contribution >= 4 is 5.91 Å². The SMILES string of the molecule is CCCCCCCCCC/C=C\CCCCCCCC(O)CC(=O)NC(CO)C(O)/C=C/CC/C=C/CC/C=C/CCCCCCCCCCCC. The van der Waals surface area contributed by atoms with Crippen LogP contribution in [0.2, 0.25) is 0 Å². The van der Waals surface area contributed by atoms with E-state index in [4.69, 9.17) is 0 Å². The van der Waals surface area contributed by atoms with Crippen molar-refractivity contribution in [1.29, 1.82) is 0 Å². The molecule has 304 valence electrons. The molecule has 4 N–H and O–H groups in total. The Labute approximate surface area is 323 Å². The third kappa shape index (κ3) is 38.0. The summed E-state index contributed by atoms with van der Waals surface area (Å²) >= 11 is 0. The molecular weight excluding hydrogens is 643 g/mol. The van der Waals surface area contributed by atoms with Gasteiger partial charge in [-0.3, -0.25) is 4.79 Å². The number of rotatable bonds is 40. The monoisotopic (exact) mass is 730 g/mol. The number of allylic oxidation sites excluding steroid dienone is 7. The van der Waals surface area contributed by atoms with Gasteiger partial charge in [0.15, 0.2) is 0 Å². The molecule has 0 aromatic rings. The lowest BCUT2D eigenvalue weighted by atomic mass is 10.0. The van der Waals surface area contributed by atoms with E-state index < -0.39 is 18.2 Å². The Balaban J connectivity index is 3.76. The average Bonchev–Trinajstić information content (AvgIpc) is 3.14. The molecule has 52 heavy (non-hydrogen) atoms. The smallest absolute Gasteiger partial charge is 0.222 e. The van der Waals surface area contributed by atoms with Gasteiger partial charge in [-0.05, 0) is 70.6 Å². The zero-order valence-corrected chi connectivity index (χ0v) is 34.4. The fourth-order valence-electron chi connectivity index (χ4n) is 6.60. The molecule has 5 heteroatoms. The van der Waals surface area contributed by atoms with Gasteiger partial charge in [-0.25, -0.2) is 0 Å². The number of hydrogen-bond acceptors (Lipinski definition) is 4. The molecule has 0 fully saturated rings. The van der Waals surface area contributed by atoms with Crippen LogP contribution in [0.5, 0.6) is 0 Å². The Hall–Kier alpha value is -1.69. The molecule has 3 unspecified atom stereocenters. The molecule has 0 bridgehead atoms. The van der Waals surface area contributed by atoms with Gasteiger partial charge in [-0.1, -0.05) is 191 Å². The Morgan fingerprint density at radius 2 is 0.827 bits per heavy atom. The largest absolute Gasteiger partial charge is 0.394 e. The topological polar surface area (TPSA) is 89.8 Å². The summed E-state index contributed by atoms with van der Waals surface area (Å²) in [6.07, 6.45) is 54.0. The highest BCUT2D eigenvalue weighted by Crippen LogP contribution is 2.14. The van der Waals surface area contributed by atoms with Gasteiger partial charge in [0.1, 0.15) is 0 Å². The van der Waals surface area contributed by atoms with Gasteiger partial charge in [-0.15, -0.1) is 0 Å². The molecule has 5 nitrogen and oxygen atoms in total. The van der Waals surface area contributed by atoms with Crippen molar-refractivity contribution in [3.8, 4) is 0 Å². The minimum absolute atomic E-state index is 0.00409. The van der Waals surface area contributed by atoms with Crippen LogP contribution in [-0.2, 0) is 4.79 Å². The van der Waals surface area contributed by atoms with E-state index in [9.17, 15) is 20.1 Å². The maximum absolute atomic E-state index is 12.4. The van der Waals surface area contributed by atoms with Crippen LogP contribution >= 0.6 is 0 Å². The number of nitrogens with one attached hydrogen (secondary N) is 1. The van der Waals surface area contributed by atoms with E-state index in [0.29, 0.717) is 6.42 Å². The van der Waals surface area contributed by atoms with E-state index in [1.807, 2.05) is 6.08 Å². The van der Waals surface area contributed by atoms with Gasteiger partial charge in [0.25, 0.3) is 0 Å². The van der Waals surface area contributed by atoms with Crippen molar-refractivity contribution < 1.29 is 20.1 Å². The molecule has 0 spiro atoms. The van der Waals surface area contributed by atoms with Crippen molar-refractivity contribution in [2.45, 2.75) is 238 Å². The first-order valence-electron chi connectivity index (χ1n) is 22.4. The Kier molecular flexibility index (Phi) is 40.7. The Bertz CT molecular complexity index is 850. The van der Waals surface area contributed by atoms with E-state index in [0.717, 1.165) is 51.4 Å². The molecule has 0 heterocycles. The molecule has 0 aromatic carbocycles. The summed E-state index contributed by atoms with van der Waals surface area (Å²) in [6.45, 7) is 4.19. The summed E-state index contributed by atoms with van der Waals surface area (Å²) in [4.78, 5) is 12.4. The van der Waals surface area contributed by atoms with Crippen LogP contribution < -0.4 is 5.32 Å². The molecule has 1 amide bonds. The fourth-order valence-corrected chi connectivity index (χ4v) is 6.60. The van der Waals surface area contributed by atoms with E-state index in [1.54, 1.807) is 6.08 Å². The van der Waals surface area contributed by atoms with Crippen LogP contribution in [0.4, 0.5) is 0 Å². The maximum Gasteiger partial charge on any atom is 0.222 e. The highest BCUT2D eigenvalue weighted by Gasteiger charge is 2.20. The van der Waals surface area contributed by atoms with Crippen molar-refractivity contribution in [1.82, 2.24) is 5.32 Å². The summed E-state index contributed by atoms with van der Waals surface area (Å²) in [5, 5.41) is 33.2. The third-order valence-electron chi connectivity index (χ3n) is 10.1. The molecule has 0 aromatic heterocycles. The predicted molar refractivity (Wildman–Crippen MR) is 227 cm³/mol. The highest BCUT2D eigenvalue weighted by atomic mass is 16.3. The number of carbonyl (C=O) groups is 1. The number of carbonyl (C=O) groups excluding carboxylic acids is 1. The van der Waals surface area contributed by atoms with Gasteiger partial charge in [-0.2, -0.15) is 0 Å². The minimum atomic E-state index is -0.962. The summed E-state index contributed by atoms with van der Waals surface area (Å²) < 4.78 is 0. The molecule has 0 radical (unpaired) electrons. The Morgan fingerprint density at radius 1 is 0.481 bits per heavy atom. The van der Waals surface area contributed by atoms with E-state index in [2.05, 4.69) is 55.6 Å². The fraction of sp³-hybridized carbons (Fsp3) is 0.809. The Morgan fingerprint density at radius 3 is 1.23 bits per heavy atom. The maximum atomic E-state index is 12.4. The summed E-state index contributed by atoms with van der Waals surface area (Å²) in [7, 11) is 0. The van der Waals surface area contributed by atoms with Crippen LogP contribution in [0.15, 0.2) is 48.6 Å². The minimum Gasteiger partial charge on any atom is -0.394 e. The molecular formula is C47H87NO4. The number of aliphatic hydroxyl groups excluding tert-OH is 3. The van der Waals surface area contributed by atoms with Crippen LogP contribution in [0.1, 0.15) is 219 Å². The zero-order valence-electron chi connectivity index (χ0n) is 34.4. The molecule has 0 aliphatic carbocycles. The number of aliphatic hydroxyl groups is 3.